The quantitative estimate of drug-likeness (QED) is 0.521. The van der Waals surface area contributed by atoms with Gasteiger partial charge in [0.25, 0.3) is 0 Å². The lowest BCUT2D eigenvalue weighted by atomic mass is 10.1. The van der Waals surface area contributed by atoms with E-state index in [-0.39, 0.29) is 24.1 Å². The summed E-state index contributed by atoms with van der Waals surface area (Å²) >= 11 is 0. The van der Waals surface area contributed by atoms with Crippen LogP contribution in [-0.4, -0.2) is 50.5 Å². The van der Waals surface area contributed by atoms with Gasteiger partial charge >= 0.3 is 0 Å². The Bertz CT molecular complexity index is 1090. The Morgan fingerprint density at radius 2 is 1.74 bits per heavy atom. The third kappa shape index (κ3) is 7.83. The number of amides is 2. The van der Waals surface area contributed by atoms with Crippen molar-refractivity contribution in [2.24, 2.45) is 5.92 Å². The number of carbonyl (C=O) groups excluding carboxylic acids is 2. The van der Waals surface area contributed by atoms with Gasteiger partial charge in [0.2, 0.25) is 21.8 Å². The molecule has 2 rings (SSSR count). The number of sulfonamides is 1. The molecule has 0 aliphatic carbocycles. The minimum absolute atomic E-state index is 0.148. The average molecular weight is 492 g/mol. The molecule has 0 spiro atoms. The number of aryl methyl sites for hydroxylation is 1. The summed E-state index contributed by atoms with van der Waals surface area (Å²) in [5.74, 6) is -1.09. The molecule has 2 aromatic carbocycles. The maximum atomic E-state index is 13.5. The fourth-order valence-corrected chi connectivity index (χ4v) is 4.42. The minimum atomic E-state index is -3.85. The van der Waals surface area contributed by atoms with Gasteiger partial charge in [0.05, 0.1) is 11.9 Å². The third-order valence-corrected chi connectivity index (χ3v) is 6.44. The molecule has 1 atom stereocenters. The molecule has 7 nitrogen and oxygen atoms in total. The molecule has 0 bridgehead atoms. The van der Waals surface area contributed by atoms with Crippen LogP contribution in [0.5, 0.6) is 0 Å². The Morgan fingerprint density at radius 3 is 2.26 bits per heavy atom. The van der Waals surface area contributed by atoms with Crippen LogP contribution in [0.4, 0.5) is 10.1 Å². The van der Waals surface area contributed by atoms with Crippen LogP contribution in [0.2, 0.25) is 0 Å². The van der Waals surface area contributed by atoms with Crippen molar-refractivity contribution in [1.82, 2.24) is 10.2 Å². The van der Waals surface area contributed by atoms with E-state index in [1.807, 2.05) is 52.0 Å². The smallest absolute Gasteiger partial charge is 0.244 e. The largest absolute Gasteiger partial charge is 0.354 e. The zero-order valence-electron chi connectivity index (χ0n) is 20.4. The van der Waals surface area contributed by atoms with Crippen molar-refractivity contribution in [3.63, 3.8) is 0 Å². The average Bonchev–Trinajstić information content (AvgIpc) is 2.75. The number of carbonyl (C=O) groups is 2. The molecule has 186 valence electrons. The maximum Gasteiger partial charge on any atom is 0.244 e. The molecule has 0 aliphatic rings. The molecule has 0 aromatic heterocycles. The summed E-state index contributed by atoms with van der Waals surface area (Å²) in [6, 6.07) is 11.7. The molecule has 2 amide bonds. The number of halogens is 1. The Morgan fingerprint density at radius 1 is 1.09 bits per heavy atom. The first-order valence-electron chi connectivity index (χ1n) is 11.3. The van der Waals surface area contributed by atoms with E-state index in [2.05, 4.69) is 5.32 Å². The first kappa shape index (κ1) is 27.3. The lowest BCUT2D eigenvalue weighted by Crippen LogP contribution is -2.52. The van der Waals surface area contributed by atoms with E-state index < -0.39 is 34.3 Å². The van der Waals surface area contributed by atoms with Crippen molar-refractivity contribution >= 4 is 27.5 Å². The summed E-state index contributed by atoms with van der Waals surface area (Å²) in [5.41, 5.74) is 2.01. The normalized spacial score (nSPS) is 12.3. The van der Waals surface area contributed by atoms with E-state index in [4.69, 9.17) is 0 Å². The molecular weight excluding hydrogens is 457 g/mol. The SMILES string of the molecule is CC[C@H](C(=O)NCC(C)C)N(Cc1cccc(C)c1)C(=O)CN(c1ccc(F)cc1)S(C)(=O)=O. The number of benzene rings is 2. The fourth-order valence-electron chi connectivity index (χ4n) is 3.57. The molecule has 34 heavy (non-hydrogen) atoms. The number of rotatable bonds is 11. The van der Waals surface area contributed by atoms with Gasteiger partial charge in [-0.25, -0.2) is 12.8 Å². The van der Waals surface area contributed by atoms with Crippen LogP contribution in [0, 0.1) is 18.7 Å². The highest BCUT2D eigenvalue weighted by Crippen LogP contribution is 2.20. The van der Waals surface area contributed by atoms with E-state index in [1.165, 1.54) is 17.0 Å². The summed E-state index contributed by atoms with van der Waals surface area (Å²) in [5, 5.41) is 2.88. The van der Waals surface area contributed by atoms with Crippen molar-refractivity contribution in [1.29, 1.82) is 0 Å². The first-order chi connectivity index (χ1) is 15.9. The highest BCUT2D eigenvalue weighted by atomic mass is 32.2. The Balaban J connectivity index is 2.41. The van der Waals surface area contributed by atoms with Gasteiger partial charge in [0.15, 0.2) is 0 Å². The number of nitrogens with one attached hydrogen (secondary N) is 1. The van der Waals surface area contributed by atoms with Crippen LogP contribution >= 0.6 is 0 Å². The molecule has 1 N–H and O–H groups in total. The van der Waals surface area contributed by atoms with Gasteiger partial charge in [-0.2, -0.15) is 0 Å². The van der Waals surface area contributed by atoms with E-state index in [0.717, 1.165) is 33.8 Å². The highest BCUT2D eigenvalue weighted by Gasteiger charge is 2.31. The van der Waals surface area contributed by atoms with Crippen molar-refractivity contribution < 1.29 is 22.4 Å². The van der Waals surface area contributed by atoms with Crippen LogP contribution in [0.15, 0.2) is 48.5 Å². The van der Waals surface area contributed by atoms with Gasteiger partial charge in [-0.3, -0.25) is 13.9 Å². The molecule has 0 saturated carbocycles. The van der Waals surface area contributed by atoms with Crippen molar-refractivity contribution in [3.05, 3.63) is 65.5 Å². The van der Waals surface area contributed by atoms with Gasteiger partial charge in [-0.15, -0.1) is 0 Å². The zero-order valence-corrected chi connectivity index (χ0v) is 21.2. The minimum Gasteiger partial charge on any atom is -0.354 e. The molecular formula is C25H34FN3O4S. The van der Waals surface area contributed by atoms with Crippen LogP contribution in [0.25, 0.3) is 0 Å². The number of hydrogen-bond donors (Lipinski definition) is 1. The van der Waals surface area contributed by atoms with Gasteiger partial charge < -0.3 is 10.2 Å². The predicted molar refractivity (Wildman–Crippen MR) is 132 cm³/mol. The zero-order chi connectivity index (χ0) is 25.5. The lowest BCUT2D eigenvalue weighted by Gasteiger charge is -2.33. The fraction of sp³-hybridized carbons (Fsp3) is 0.440. The highest BCUT2D eigenvalue weighted by molar-refractivity contribution is 7.92. The van der Waals surface area contributed by atoms with Gasteiger partial charge in [0.1, 0.15) is 18.4 Å². The topological polar surface area (TPSA) is 86.8 Å². The van der Waals surface area contributed by atoms with Crippen LogP contribution in [-0.2, 0) is 26.2 Å². The molecule has 0 unspecified atom stereocenters. The number of anilines is 1. The van der Waals surface area contributed by atoms with Gasteiger partial charge in [-0.05, 0) is 49.1 Å². The second kappa shape index (κ2) is 12.0. The molecule has 0 heterocycles. The standard InChI is InChI=1S/C25H34FN3O4S/c1-6-23(25(31)27-15-18(2)3)28(16-20-9-7-8-19(4)14-20)24(30)17-29(34(5,32)33)22-12-10-21(26)11-13-22/h7-14,18,23H,6,15-17H2,1-5H3,(H,27,31)/t23-/m1/s1. The van der Waals surface area contributed by atoms with Crippen molar-refractivity contribution in [2.45, 2.75) is 46.7 Å². The summed E-state index contributed by atoms with van der Waals surface area (Å²) in [6.45, 7) is 7.80. The van der Waals surface area contributed by atoms with E-state index in [1.54, 1.807) is 0 Å². The van der Waals surface area contributed by atoms with Crippen molar-refractivity contribution in [3.8, 4) is 0 Å². The molecule has 0 radical (unpaired) electrons. The molecule has 0 aliphatic heterocycles. The monoisotopic (exact) mass is 491 g/mol. The van der Waals surface area contributed by atoms with Gasteiger partial charge in [-0.1, -0.05) is 50.6 Å². The molecule has 0 saturated heterocycles. The van der Waals surface area contributed by atoms with Gasteiger partial charge in [0, 0.05) is 13.1 Å². The van der Waals surface area contributed by atoms with E-state index in [9.17, 15) is 22.4 Å². The molecule has 0 fully saturated rings. The first-order valence-corrected chi connectivity index (χ1v) is 13.1. The summed E-state index contributed by atoms with van der Waals surface area (Å²) in [7, 11) is -3.85. The summed E-state index contributed by atoms with van der Waals surface area (Å²) in [4.78, 5) is 28.0. The molecule has 9 heteroatoms. The maximum absolute atomic E-state index is 13.5. The lowest BCUT2D eigenvalue weighted by molar-refractivity contribution is -0.140. The molecule has 2 aromatic rings. The Hall–Kier alpha value is -2.94. The van der Waals surface area contributed by atoms with Crippen molar-refractivity contribution in [2.75, 3.05) is 23.7 Å². The van der Waals surface area contributed by atoms with E-state index in [0.29, 0.717) is 13.0 Å². The van der Waals surface area contributed by atoms with Crippen LogP contribution < -0.4 is 9.62 Å². The third-order valence-electron chi connectivity index (χ3n) is 5.30. The summed E-state index contributed by atoms with van der Waals surface area (Å²) in [6.07, 6.45) is 1.35. The van der Waals surface area contributed by atoms with Crippen LogP contribution in [0.1, 0.15) is 38.3 Å². The second-order valence-corrected chi connectivity index (χ2v) is 10.7. The van der Waals surface area contributed by atoms with Crippen LogP contribution in [0.3, 0.4) is 0 Å². The predicted octanol–water partition coefficient (Wildman–Crippen LogP) is 3.48. The van der Waals surface area contributed by atoms with E-state index >= 15 is 0 Å². The summed E-state index contributed by atoms with van der Waals surface area (Å²) < 4.78 is 39.3. The second-order valence-electron chi connectivity index (χ2n) is 8.82. The Labute approximate surface area is 202 Å². The number of nitrogens with zero attached hydrogens (tertiary/aromatic N) is 2. The number of hydrogen-bond acceptors (Lipinski definition) is 4. The Kier molecular flexibility index (Phi) is 9.61.